The molecule has 0 radical (unpaired) electrons. The first kappa shape index (κ1) is 13.5. The highest BCUT2D eigenvalue weighted by Crippen LogP contribution is 2.22. The van der Waals surface area contributed by atoms with E-state index in [2.05, 4.69) is 56.4 Å². The molecule has 0 atom stereocenters. The van der Waals surface area contributed by atoms with Gasteiger partial charge in [0, 0.05) is 17.8 Å². The summed E-state index contributed by atoms with van der Waals surface area (Å²) < 4.78 is 5.40. The van der Waals surface area contributed by atoms with Gasteiger partial charge in [-0.25, -0.2) is 0 Å². The Morgan fingerprint density at radius 3 is 2.32 bits per heavy atom. The van der Waals surface area contributed by atoms with Gasteiger partial charge in [-0.05, 0) is 38.5 Å². The van der Waals surface area contributed by atoms with Gasteiger partial charge in [-0.1, -0.05) is 35.4 Å². The van der Waals surface area contributed by atoms with Crippen LogP contribution in [0.3, 0.4) is 0 Å². The Bertz CT molecular complexity index is 575. The lowest BCUT2D eigenvalue weighted by molar-refractivity contribution is 0.410. The smallest absolute Gasteiger partial charge is 0.123 e. The Balaban J connectivity index is 2.16. The summed E-state index contributed by atoms with van der Waals surface area (Å²) in [5.41, 5.74) is 6.16. The largest absolute Gasteiger partial charge is 0.496 e. The SMILES string of the molecule is COc1ccc(C)cc1CNc1ccc(C)cc1C. The number of nitrogens with one attached hydrogen (secondary N) is 1. The molecule has 0 aromatic heterocycles. The lowest BCUT2D eigenvalue weighted by Crippen LogP contribution is -2.03. The first-order chi connectivity index (χ1) is 9.10. The van der Waals surface area contributed by atoms with Gasteiger partial charge in [0.05, 0.1) is 7.11 Å². The van der Waals surface area contributed by atoms with Crippen LogP contribution in [-0.2, 0) is 6.54 Å². The van der Waals surface area contributed by atoms with Crippen LogP contribution in [0.4, 0.5) is 5.69 Å². The van der Waals surface area contributed by atoms with E-state index in [-0.39, 0.29) is 0 Å². The number of anilines is 1. The molecule has 0 amide bonds. The van der Waals surface area contributed by atoms with Crippen molar-refractivity contribution in [3.05, 3.63) is 58.7 Å². The molecular formula is C17H21NO. The molecule has 19 heavy (non-hydrogen) atoms. The lowest BCUT2D eigenvalue weighted by Gasteiger charge is -2.13. The Kier molecular flexibility index (Phi) is 4.10. The van der Waals surface area contributed by atoms with Crippen molar-refractivity contribution in [2.24, 2.45) is 0 Å². The summed E-state index contributed by atoms with van der Waals surface area (Å²) in [6.45, 7) is 7.11. The predicted molar refractivity (Wildman–Crippen MR) is 81.0 cm³/mol. The van der Waals surface area contributed by atoms with E-state index >= 15 is 0 Å². The van der Waals surface area contributed by atoms with E-state index in [9.17, 15) is 0 Å². The minimum absolute atomic E-state index is 0.773. The van der Waals surface area contributed by atoms with Crippen molar-refractivity contribution in [2.45, 2.75) is 27.3 Å². The molecule has 0 saturated carbocycles. The zero-order valence-electron chi connectivity index (χ0n) is 12.1. The molecule has 0 unspecified atom stereocenters. The summed E-state index contributed by atoms with van der Waals surface area (Å²) >= 11 is 0. The van der Waals surface area contributed by atoms with E-state index in [0.717, 1.165) is 12.3 Å². The highest BCUT2D eigenvalue weighted by atomic mass is 16.5. The first-order valence-electron chi connectivity index (χ1n) is 6.55. The van der Waals surface area contributed by atoms with E-state index in [1.807, 2.05) is 6.07 Å². The summed E-state index contributed by atoms with van der Waals surface area (Å²) in [5.74, 6) is 0.933. The number of ether oxygens (including phenoxy) is 1. The molecule has 1 N–H and O–H groups in total. The second-order valence-corrected chi connectivity index (χ2v) is 4.99. The van der Waals surface area contributed by atoms with E-state index in [0.29, 0.717) is 0 Å². The Labute approximate surface area is 115 Å². The van der Waals surface area contributed by atoms with Gasteiger partial charge in [-0.2, -0.15) is 0 Å². The molecule has 0 bridgehead atoms. The minimum atomic E-state index is 0.773. The molecule has 2 heteroatoms. The van der Waals surface area contributed by atoms with Gasteiger partial charge < -0.3 is 10.1 Å². The van der Waals surface area contributed by atoms with Crippen molar-refractivity contribution in [1.82, 2.24) is 0 Å². The third-order valence-electron chi connectivity index (χ3n) is 3.29. The van der Waals surface area contributed by atoms with Crippen LogP contribution in [0.5, 0.6) is 5.75 Å². The number of methoxy groups -OCH3 is 1. The van der Waals surface area contributed by atoms with Crippen LogP contribution in [0.15, 0.2) is 36.4 Å². The maximum Gasteiger partial charge on any atom is 0.123 e. The standard InChI is InChI=1S/C17H21NO/c1-12-5-7-16(14(3)9-12)18-11-15-10-13(2)6-8-17(15)19-4/h5-10,18H,11H2,1-4H3. The minimum Gasteiger partial charge on any atom is -0.496 e. The lowest BCUT2D eigenvalue weighted by atomic mass is 10.1. The second kappa shape index (κ2) is 5.79. The van der Waals surface area contributed by atoms with Gasteiger partial charge in [0.15, 0.2) is 0 Å². The monoisotopic (exact) mass is 255 g/mol. The van der Waals surface area contributed by atoms with Gasteiger partial charge in [0.25, 0.3) is 0 Å². The molecule has 0 aliphatic heterocycles. The van der Waals surface area contributed by atoms with Crippen LogP contribution in [0.25, 0.3) is 0 Å². The van der Waals surface area contributed by atoms with Gasteiger partial charge in [-0.3, -0.25) is 0 Å². The molecule has 2 aromatic rings. The van der Waals surface area contributed by atoms with Crippen LogP contribution < -0.4 is 10.1 Å². The predicted octanol–water partition coefficient (Wildman–Crippen LogP) is 4.23. The second-order valence-electron chi connectivity index (χ2n) is 4.99. The molecule has 0 aliphatic carbocycles. The van der Waals surface area contributed by atoms with Crippen molar-refractivity contribution in [1.29, 1.82) is 0 Å². The van der Waals surface area contributed by atoms with Gasteiger partial charge in [0.2, 0.25) is 0 Å². The van der Waals surface area contributed by atoms with Crippen molar-refractivity contribution in [2.75, 3.05) is 12.4 Å². The summed E-state index contributed by atoms with van der Waals surface area (Å²) in [4.78, 5) is 0. The normalized spacial score (nSPS) is 10.3. The topological polar surface area (TPSA) is 21.3 Å². The summed E-state index contributed by atoms with van der Waals surface area (Å²) in [5, 5.41) is 3.48. The maximum atomic E-state index is 5.40. The Morgan fingerprint density at radius 1 is 0.947 bits per heavy atom. The van der Waals surface area contributed by atoms with E-state index in [1.165, 1.54) is 27.9 Å². The van der Waals surface area contributed by atoms with E-state index < -0.39 is 0 Å². The van der Waals surface area contributed by atoms with E-state index in [1.54, 1.807) is 7.11 Å². The Morgan fingerprint density at radius 2 is 1.63 bits per heavy atom. The number of rotatable bonds is 4. The number of hydrogen-bond acceptors (Lipinski definition) is 2. The quantitative estimate of drug-likeness (QED) is 0.882. The van der Waals surface area contributed by atoms with Gasteiger partial charge in [-0.15, -0.1) is 0 Å². The van der Waals surface area contributed by atoms with E-state index in [4.69, 9.17) is 4.74 Å². The fourth-order valence-corrected chi connectivity index (χ4v) is 2.25. The molecule has 0 fully saturated rings. The third kappa shape index (κ3) is 3.28. The van der Waals surface area contributed by atoms with Crippen molar-refractivity contribution < 1.29 is 4.74 Å². The van der Waals surface area contributed by atoms with Crippen molar-refractivity contribution >= 4 is 5.69 Å². The zero-order chi connectivity index (χ0) is 13.8. The molecule has 2 rings (SSSR count). The molecule has 0 saturated heterocycles. The molecular weight excluding hydrogens is 234 g/mol. The molecule has 100 valence electrons. The van der Waals surface area contributed by atoms with Crippen LogP contribution in [-0.4, -0.2) is 7.11 Å². The summed E-state index contributed by atoms with van der Waals surface area (Å²) in [6.07, 6.45) is 0. The van der Waals surface area contributed by atoms with Crippen molar-refractivity contribution in [3.8, 4) is 5.75 Å². The first-order valence-corrected chi connectivity index (χ1v) is 6.55. The number of aryl methyl sites for hydroxylation is 3. The van der Waals surface area contributed by atoms with Crippen LogP contribution in [0.2, 0.25) is 0 Å². The van der Waals surface area contributed by atoms with Gasteiger partial charge >= 0.3 is 0 Å². The Hall–Kier alpha value is -1.96. The molecule has 0 aliphatic rings. The third-order valence-corrected chi connectivity index (χ3v) is 3.29. The summed E-state index contributed by atoms with van der Waals surface area (Å²) in [6, 6.07) is 12.7. The average molecular weight is 255 g/mol. The number of benzene rings is 2. The van der Waals surface area contributed by atoms with Crippen LogP contribution in [0, 0.1) is 20.8 Å². The molecule has 0 spiro atoms. The van der Waals surface area contributed by atoms with Crippen LogP contribution >= 0.6 is 0 Å². The van der Waals surface area contributed by atoms with Crippen LogP contribution in [0.1, 0.15) is 22.3 Å². The highest BCUT2D eigenvalue weighted by Gasteiger charge is 2.04. The number of hydrogen-bond donors (Lipinski definition) is 1. The maximum absolute atomic E-state index is 5.40. The highest BCUT2D eigenvalue weighted by molar-refractivity contribution is 5.53. The zero-order valence-corrected chi connectivity index (χ0v) is 12.1. The molecule has 0 heterocycles. The fraction of sp³-hybridized carbons (Fsp3) is 0.294. The summed E-state index contributed by atoms with van der Waals surface area (Å²) in [7, 11) is 1.71. The van der Waals surface area contributed by atoms with Crippen molar-refractivity contribution in [3.63, 3.8) is 0 Å². The fourth-order valence-electron chi connectivity index (χ4n) is 2.25. The average Bonchev–Trinajstić information content (AvgIpc) is 2.38. The van der Waals surface area contributed by atoms with Gasteiger partial charge in [0.1, 0.15) is 5.75 Å². The molecule has 2 aromatic carbocycles. The molecule has 2 nitrogen and oxygen atoms in total.